The standard InChI is InChI=1S/C21H23N3O8S2/c25-21-18-8-2-1-7-17(18)11-13-22(21)14-15-23(12-5-6-16-33(28,29)30)34(31,32)20-10-4-3-9-19(20)24(26)27/h1-4,7-11,13H,5-6,12,14-16H2,(H,28,29,30). The lowest BCUT2D eigenvalue weighted by Crippen LogP contribution is -2.37. The molecule has 0 bridgehead atoms. The molecule has 1 N–H and O–H groups in total. The fraction of sp³-hybridized carbons (Fsp3) is 0.286. The second kappa shape index (κ2) is 10.4. The lowest BCUT2D eigenvalue weighted by Gasteiger charge is -2.22. The van der Waals surface area contributed by atoms with E-state index in [-0.39, 0.29) is 38.0 Å². The molecule has 0 aliphatic rings. The van der Waals surface area contributed by atoms with Crippen molar-refractivity contribution >= 4 is 36.6 Å². The first-order valence-electron chi connectivity index (χ1n) is 10.3. The SMILES string of the molecule is O=c1c2ccccc2ccn1CCN(CCCCS(=O)(=O)O)S(=O)(=O)c1ccccc1[N+](=O)[O-]. The smallest absolute Gasteiger partial charge is 0.289 e. The quantitative estimate of drug-likeness (QED) is 0.178. The zero-order valence-corrected chi connectivity index (χ0v) is 19.6. The third-order valence-electron chi connectivity index (χ3n) is 5.22. The molecule has 1 aromatic heterocycles. The van der Waals surface area contributed by atoms with Gasteiger partial charge in [0.05, 0.1) is 10.7 Å². The number of hydrogen-bond acceptors (Lipinski definition) is 7. The summed E-state index contributed by atoms with van der Waals surface area (Å²) < 4.78 is 59.9. The first-order valence-corrected chi connectivity index (χ1v) is 13.3. The number of para-hydroxylation sites is 1. The zero-order valence-electron chi connectivity index (χ0n) is 18.0. The molecular formula is C21H23N3O8S2. The molecule has 34 heavy (non-hydrogen) atoms. The van der Waals surface area contributed by atoms with E-state index in [0.29, 0.717) is 5.39 Å². The Balaban J connectivity index is 1.90. The number of nitro benzene ring substituents is 1. The number of nitro groups is 1. The number of benzene rings is 2. The molecule has 182 valence electrons. The van der Waals surface area contributed by atoms with E-state index in [1.54, 1.807) is 36.5 Å². The number of hydrogen-bond donors (Lipinski definition) is 1. The topological polar surface area (TPSA) is 157 Å². The second-order valence-electron chi connectivity index (χ2n) is 7.52. The van der Waals surface area contributed by atoms with Gasteiger partial charge in [0.1, 0.15) is 0 Å². The average molecular weight is 510 g/mol. The molecule has 0 radical (unpaired) electrons. The van der Waals surface area contributed by atoms with Crippen molar-refractivity contribution in [1.82, 2.24) is 8.87 Å². The van der Waals surface area contributed by atoms with Crippen LogP contribution < -0.4 is 5.56 Å². The highest BCUT2D eigenvalue weighted by Gasteiger charge is 2.31. The van der Waals surface area contributed by atoms with Gasteiger partial charge in [-0.2, -0.15) is 12.7 Å². The summed E-state index contributed by atoms with van der Waals surface area (Å²) in [5.74, 6) is -0.545. The van der Waals surface area contributed by atoms with Crippen LogP contribution >= 0.6 is 0 Å². The predicted molar refractivity (Wildman–Crippen MR) is 126 cm³/mol. The van der Waals surface area contributed by atoms with E-state index < -0.39 is 41.4 Å². The molecule has 2 aromatic carbocycles. The molecule has 0 aliphatic heterocycles. The lowest BCUT2D eigenvalue weighted by molar-refractivity contribution is -0.387. The summed E-state index contributed by atoms with van der Waals surface area (Å²) in [6, 6.07) is 13.6. The first-order chi connectivity index (χ1) is 16.0. The van der Waals surface area contributed by atoms with Gasteiger partial charge in [-0.05, 0) is 36.4 Å². The van der Waals surface area contributed by atoms with Crippen LogP contribution in [0, 0.1) is 10.1 Å². The molecule has 11 nitrogen and oxygen atoms in total. The van der Waals surface area contributed by atoms with Gasteiger partial charge >= 0.3 is 0 Å². The Morgan fingerprint density at radius 1 is 0.941 bits per heavy atom. The Hall–Kier alpha value is -3.13. The zero-order chi connectivity index (χ0) is 24.9. The number of unbranched alkanes of at least 4 members (excludes halogenated alkanes) is 1. The highest BCUT2D eigenvalue weighted by Crippen LogP contribution is 2.26. The van der Waals surface area contributed by atoms with E-state index in [2.05, 4.69) is 0 Å². The fourth-order valence-corrected chi connectivity index (χ4v) is 5.71. The van der Waals surface area contributed by atoms with Crippen LogP contribution in [0.25, 0.3) is 10.8 Å². The summed E-state index contributed by atoms with van der Waals surface area (Å²) in [5.41, 5.74) is -0.902. The number of fused-ring (bicyclic) bond motifs is 1. The van der Waals surface area contributed by atoms with Gasteiger partial charge < -0.3 is 4.57 Å². The molecule has 0 amide bonds. The van der Waals surface area contributed by atoms with Gasteiger partial charge in [0.15, 0.2) is 4.90 Å². The van der Waals surface area contributed by atoms with Crippen molar-refractivity contribution in [2.24, 2.45) is 0 Å². The highest BCUT2D eigenvalue weighted by atomic mass is 32.2. The molecule has 0 atom stereocenters. The third kappa shape index (κ3) is 6.05. The van der Waals surface area contributed by atoms with E-state index in [4.69, 9.17) is 4.55 Å². The van der Waals surface area contributed by atoms with Crippen molar-refractivity contribution in [2.45, 2.75) is 24.3 Å². The minimum Gasteiger partial charge on any atom is -0.314 e. The van der Waals surface area contributed by atoms with E-state index >= 15 is 0 Å². The van der Waals surface area contributed by atoms with Crippen LogP contribution in [0.15, 0.2) is 70.5 Å². The molecule has 0 aliphatic carbocycles. The monoisotopic (exact) mass is 509 g/mol. The van der Waals surface area contributed by atoms with Crippen molar-refractivity contribution in [3.8, 4) is 0 Å². The summed E-state index contributed by atoms with van der Waals surface area (Å²) in [6.45, 7) is -0.368. The molecular weight excluding hydrogens is 486 g/mol. The largest absolute Gasteiger partial charge is 0.314 e. The van der Waals surface area contributed by atoms with Crippen molar-refractivity contribution in [3.05, 3.63) is 81.3 Å². The van der Waals surface area contributed by atoms with Crippen LogP contribution in [-0.2, 0) is 26.7 Å². The molecule has 0 fully saturated rings. The number of sulfonamides is 1. The Morgan fingerprint density at radius 3 is 2.32 bits per heavy atom. The Bertz CT molecular complexity index is 1470. The summed E-state index contributed by atoms with van der Waals surface area (Å²) >= 11 is 0. The van der Waals surface area contributed by atoms with Crippen LogP contribution in [0.3, 0.4) is 0 Å². The Morgan fingerprint density at radius 2 is 1.62 bits per heavy atom. The molecule has 0 saturated carbocycles. The average Bonchev–Trinajstić information content (AvgIpc) is 2.79. The van der Waals surface area contributed by atoms with Gasteiger partial charge in [0.2, 0.25) is 10.0 Å². The van der Waals surface area contributed by atoms with E-state index in [0.717, 1.165) is 21.8 Å². The summed E-state index contributed by atoms with van der Waals surface area (Å²) in [5, 5.41) is 12.6. The van der Waals surface area contributed by atoms with Gasteiger partial charge in [-0.15, -0.1) is 0 Å². The van der Waals surface area contributed by atoms with E-state index in [1.807, 2.05) is 0 Å². The van der Waals surface area contributed by atoms with Crippen LogP contribution in [0.1, 0.15) is 12.8 Å². The highest BCUT2D eigenvalue weighted by molar-refractivity contribution is 7.89. The molecule has 13 heteroatoms. The third-order valence-corrected chi connectivity index (χ3v) is 7.97. The normalized spacial score (nSPS) is 12.3. The molecule has 3 rings (SSSR count). The molecule has 0 unspecified atom stereocenters. The molecule has 0 saturated heterocycles. The van der Waals surface area contributed by atoms with Crippen molar-refractivity contribution in [2.75, 3.05) is 18.8 Å². The maximum Gasteiger partial charge on any atom is 0.289 e. The summed E-state index contributed by atoms with van der Waals surface area (Å²) in [4.78, 5) is 22.9. The Kier molecular flexibility index (Phi) is 7.82. The van der Waals surface area contributed by atoms with Gasteiger partial charge in [0.25, 0.3) is 21.4 Å². The van der Waals surface area contributed by atoms with Crippen LogP contribution in [0.5, 0.6) is 0 Å². The van der Waals surface area contributed by atoms with Crippen molar-refractivity contribution < 1.29 is 26.3 Å². The number of pyridine rings is 1. The lowest BCUT2D eigenvalue weighted by atomic mass is 10.2. The van der Waals surface area contributed by atoms with Crippen LogP contribution in [-0.4, -0.2) is 54.0 Å². The minimum atomic E-state index is -4.35. The van der Waals surface area contributed by atoms with Gasteiger partial charge in [-0.1, -0.05) is 30.3 Å². The fourth-order valence-electron chi connectivity index (χ4n) is 3.52. The van der Waals surface area contributed by atoms with Gasteiger partial charge in [0, 0.05) is 37.3 Å². The summed E-state index contributed by atoms with van der Waals surface area (Å²) in [7, 11) is -8.57. The number of nitrogens with zero attached hydrogens (tertiary/aromatic N) is 3. The first kappa shape index (κ1) is 25.5. The van der Waals surface area contributed by atoms with Gasteiger partial charge in [-0.3, -0.25) is 19.5 Å². The summed E-state index contributed by atoms with van der Waals surface area (Å²) in [6.07, 6.45) is 1.60. The maximum atomic E-state index is 13.3. The predicted octanol–water partition coefficient (Wildman–Crippen LogP) is 2.27. The minimum absolute atomic E-state index is 0.0162. The van der Waals surface area contributed by atoms with Gasteiger partial charge in [-0.25, -0.2) is 8.42 Å². The molecule has 3 aromatic rings. The Labute approximate surface area is 196 Å². The van der Waals surface area contributed by atoms with E-state index in [9.17, 15) is 31.7 Å². The van der Waals surface area contributed by atoms with Crippen LogP contribution in [0.4, 0.5) is 5.69 Å². The van der Waals surface area contributed by atoms with Crippen molar-refractivity contribution in [1.29, 1.82) is 0 Å². The molecule has 1 heterocycles. The second-order valence-corrected chi connectivity index (χ2v) is 11.0. The van der Waals surface area contributed by atoms with E-state index in [1.165, 1.54) is 16.7 Å². The molecule has 0 spiro atoms. The number of aromatic nitrogens is 1. The van der Waals surface area contributed by atoms with Crippen molar-refractivity contribution in [3.63, 3.8) is 0 Å². The number of rotatable bonds is 11. The van der Waals surface area contributed by atoms with Crippen LogP contribution in [0.2, 0.25) is 0 Å². The maximum absolute atomic E-state index is 13.3.